The summed E-state index contributed by atoms with van der Waals surface area (Å²) >= 11 is 0. The van der Waals surface area contributed by atoms with Gasteiger partial charge in [-0.15, -0.1) is 0 Å². The van der Waals surface area contributed by atoms with Crippen molar-refractivity contribution in [1.29, 1.82) is 0 Å². The Kier molecular flexibility index (Phi) is 3.48. The zero-order valence-electron chi connectivity index (χ0n) is 12.2. The number of imidazole rings is 1. The van der Waals surface area contributed by atoms with Gasteiger partial charge in [0.2, 0.25) is 0 Å². The van der Waals surface area contributed by atoms with E-state index in [4.69, 9.17) is 0 Å². The lowest BCUT2D eigenvalue weighted by Crippen LogP contribution is -2.24. The van der Waals surface area contributed by atoms with Crippen molar-refractivity contribution in [2.45, 2.75) is 20.0 Å². The van der Waals surface area contributed by atoms with E-state index in [0.29, 0.717) is 13.1 Å². The number of nitrogens with one attached hydrogen (secondary N) is 1. The van der Waals surface area contributed by atoms with Gasteiger partial charge in [0.25, 0.3) is 0 Å². The Labute approximate surface area is 122 Å². The van der Waals surface area contributed by atoms with Crippen LogP contribution in [0.1, 0.15) is 12.5 Å². The molecule has 3 rings (SSSR count). The molecule has 3 aromatic rings. The first-order valence-corrected chi connectivity index (χ1v) is 7.05. The van der Waals surface area contributed by atoms with Crippen LogP contribution in [0.2, 0.25) is 0 Å². The number of hydrogen-bond acceptors (Lipinski definition) is 3. The van der Waals surface area contributed by atoms with Crippen LogP contribution in [0, 0.1) is 0 Å². The second kappa shape index (κ2) is 5.44. The zero-order chi connectivity index (χ0) is 14.8. The summed E-state index contributed by atoms with van der Waals surface area (Å²) in [6.45, 7) is 3.16. The molecular formula is C16H18N4O. The Morgan fingerprint density at radius 2 is 1.95 bits per heavy atom. The van der Waals surface area contributed by atoms with Gasteiger partial charge in [-0.05, 0) is 19.1 Å². The molecule has 0 saturated heterocycles. The lowest BCUT2D eigenvalue weighted by Gasteiger charge is -2.10. The van der Waals surface area contributed by atoms with Crippen molar-refractivity contribution in [3.8, 4) is 0 Å². The van der Waals surface area contributed by atoms with Gasteiger partial charge >= 0.3 is 5.69 Å². The first kappa shape index (κ1) is 13.4. The summed E-state index contributed by atoms with van der Waals surface area (Å²) in [5.74, 6) is 0.810. The lowest BCUT2D eigenvalue weighted by atomic mass is 10.1. The maximum Gasteiger partial charge on any atom is 0.328 e. The van der Waals surface area contributed by atoms with Crippen molar-refractivity contribution in [2.24, 2.45) is 0 Å². The predicted octanol–water partition coefficient (Wildman–Crippen LogP) is 2.31. The van der Waals surface area contributed by atoms with E-state index < -0.39 is 0 Å². The van der Waals surface area contributed by atoms with Crippen LogP contribution in [0.5, 0.6) is 0 Å². The summed E-state index contributed by atoms with van der Waals surface area (Å²) < 4.78 is 3.39. The quantitative estimate of drug-likeness (QED) is 0.799. The Hall–Kier alpha value is -2.56. The third-order valence-electron chi connectivity index (χ3n) is 3.64. The normalized spacial score (nSPS) is 11.0. The molecule has 0 unspecified atom stereocenters. The van der Waals surface area contributed by atoms with Crippen LogP contribution < -0.4 is 11.0 Å². The smallest absolute Gasteiger partial charge is 0.328 e. The molecule has 5 nitrogen and oxygen atoms in total. The molecule has 1 N–H and O–H groups in total. The average molecular weight is 282 g/mol. The molecule has 1 aromatic carbocycles. The van der Waals surface area contributed by atoms with Gasteiger partial charge in [0, 0.05) is 36.9 Å². The van der Waals surface area contributed by atoms with Crippen LogP contribution in [0.4, 0.5) is 5.82 Å². The van der Waals surface area contributed by atoms with E-state index in [2.05, 4.69) is 16.4 Å². The predicted molar refractivity (Wildman–Crippen MR) is 84.8 cm³/mol. The highest BCUT2D eigenvalue weighted by molar-refractivity contribution is 5.81. The van der Waals surface area contributed by atoms with Gasteiger partial charge < -0.3 is 5.32 Å². The molecule has 0 saturated carbocycles. The van der Waals surface area contributed by atoms with Crippen molar-refractivity contribution >= 4 is 16.7 Å². The molecular weight excluding hydrogens is 264 g/mol. The summed E-state index contributed by atoms with van der Waals surface area (Å²) in [6, 6.07) is 10.1. The third-order valence-corrected chi connectivity index (χ3v) is 3.64. The van der Waals surface area contributed by atoms with Gasteiger partial charge in [-0.25, -0.2) is 9.78 Å². The third kappa shape index (κ3) is 2.42. The van der Waals surface area contributed by atoms with Gasteiger partial charge in [-0.2, -0.15) is 0 Å². The van der Waals surface area contributed by atoms with Crippen molar-refractivity contribution in [3.63, 3.8) is 0 Å². The number of anilines is 1. The maximum absolute atomic E-state index is 12.2. The number of para-hydroxylation sites is 1. The largest absolute Gasteiger partial charge is 0.373 e. The summed E-state index contributed by atoms with van der Waals surface area (Å²) in [7, 11) is 1.85. The highest BCUT2D eigenvalue weighted by Gasteiger charge is 2.09. The molecule has 21 heavy (non-hydrogen) atoms. The fourth-order valence-corrected chi connectivity index (χ4v) is 2.49. The van der Waals surface area contributed by atoms with Crippen LogP contribution in [-0.4, -0.2) is 21.2 Å². The van der Waals surface area contributed by atoms with E-state index in [1.54, 1.807) is 9.13 Å². The number of fused-ring (bicyclic) bond motifs is 1. The number of aryl methyl sites for hydroxylation is 1. The molecule has 108 valence electrons. The molecule has 0 aliphatic heterocycles. The molecule has 5 heteroatoms. The van der Waals surface area contributed by atoms with E-state index in [9.17, 15) is 4.79 Å². The van der Waals surface area contributed by atoms with Crippen LogP contribution >= 0.6 is 0 Å². The first-order valence-electron chi connectivity index (χ1n) is 7.05. The summed E-state index contributed by atoms with van der Waals surface area (Å²) in [5, 5.41) is 4.19. The molecule has 0 aliphatic rings. The van der Waals surface area contributed by atoms with E-state index >= 15 is 0 Å². The van der Waals surface area contributed by atoms with Gasteiger partial charge in [-0.3, -0.25) is 9.13 Å². The minimum Gasteiger partial charge on any atom is -0.373 e. The molecule has 0 radical (unpaired) electrons. The van der Waals surface area contributed by atoms with Crippen LogP contribution in [0.25, 0.3) is 10.9 Å². The van der Waals surface area contributed by atoms with E-state index in [1.807, 2.05) is 50.6 Å². The summed E-state index contributed by atoms with van der Waals surface area (Å²) in [5.41, 5.74) is 1.96. The number of nitrogens with zero attached hydrogens (tertiary/aromatic N) is 3. The number of rotatable bonds is 4. The molecule has 0 amide bonds. The van der Waals surface area contributed by atoms with Gasteiger partial charge in [-0.1, -0.05) is 18.2 Å². The van der Waals surface area contributed by atoms with Crippen LogP contribution in [0.3, 0.4) is 0 Å². The molecule has 2 heterocycles. The monoisotopic (exact) mass is 282 g/mol. The van der Waals surface area contributed by atoms with E-state index in [-0.39, 0.29) is 5.69 Å². The second-order valence-corrected chi connectivity index (χ2v) is 4.93. The summed E-state index contributed by atoms with van der Waals surface area (Å²) in [4.78, 5) is 16.8. The summed E-state index contributed by atoms with van der Waals surface area (Å²) in [6.07, 6.45) is 3.64. The van der Waals surface area contributed by atoms with Crippen molar-refractivity contribution in [1.82, 2.24) is 14.1 Å². The number of hydrogen-bond donors (Lipinski definition) is 1. The van der Waals surface area contributed by atoms with Gasteiger partial charge in [0.15, 0.2) is 0 Å². The Balaban J connectivity index is 2.06. The van der Waals surface area contributed by atoms with Crippen molar-refractivity contribution < 1.29 is 0 Å². The highest BCUT2D eigenvalue weighted by Crippen LogP contribution is 2.20. The first-order chi connectivity index (χ1) is 10.2. The second-order valence-electron chi connectivity index (χ2n) is 4.93. The number of aromatic nitrogens is 3. The fourth-order valence-electron chi connectivity index (χ4n) is 2.49. The fraction of sp³-hybridized carbons (Fsp3) is 0.250. The molecule has 0 aliphatic carbocycles. The lowest BCUT2D eigenvalue weighted by molar-refractivity contribution is 0.668. The Morgan fingerprint density at radius 1 is 1.19 bits per heavy atom. The minimum absolute atomic E-state index is 0.00714. The average Bonchev–Trinajstić information content (AvgIpc) is 2.87. The van der Waals surface area contributed by atoms with Crippen molar-refractivity contribution in [2.75, 3.05) is 12.4 Å². The van der Waals surface area contributed by atoms with E-state index in [0.717, 1.165) is 22.3 Å². The topological polar surface area (TPSA) is 51.9 Å². The zero-order valence-corrected chi connectivity index (χ0v) is 12.2. The highest BCUT2D eigenvalue weighted by atomic mass is 16.1. The molecule has 0 atom stereocenters. The van der Waals surface area contributed by atoms with Gasteiger partial charge in [0.1, 0.15) is 5.82 Å². The van der Waals surface area contributed by atoms with E-state index in [1.165, 1.54) is 0 Å². The Morgan fingerprint density at radius 3 is 2.67 bits per heavy atom. The molecule has 2 aromatic heterocycles. The SMILES string of the molecule is CCn1ccn(Cc2cc3ccccc3nc2NC)c1=O. The maximum atomic E-state index is 12.2. The van der Waals surface area contributed by atoms with Crippen LogP contribution in [-0.2, 0) is 13.1 Å². The van der Waals surface area contributed by atoms with Crippen LogP contribution in [0.15, 0.2) is 47.5 Å². The Bertz CT molecular complexity index is 832. The molecule has 0 spiro atoms. The number of benzene rings is 1. The molecule has 0 fully saturated rings. The molecule has 0 bridgehead atoms. The number of pyridine rings is 1. The van der Waals surface area contributed by atoms with Crippen molar-refractivity contribution in [3.05, 3.63) is 58.8 Å². The van der Waals surface area contributed by atoms with Gasteiger partial charge in [0.05, 0.1) is 12.1 Å². The standard InChI is InChI=1S/C16H18N4O/c1-3-19-8-9-20(16(19)21)11-13-10-12-6-4-5-7-14(12)18-15(13)17-2/h4-10H,3,11H2,1-2H3,(H,17,18). The minimum atomic E-state index is 0.00714.